The number of fused-ring (bicyclic) bond motifs is 1. The van der Waals surface area contributed by atoms with Gasteiger partial charge in [-0.3, -0.25) is 9.59 Å². The Morgan fingerprint density at radius 1 is 1.40 bits per heavy atom. The predicted octanol–water partition coefficient (Wildman–Crippen LogP) is 0.972. The van der Waals surface area contributed by atoms with Gasteiger partial charge in [0, 0.05) is 38.0 Å². The zero-order valence-corrected chi connectivity index (χ0v) is 11.5. The molecule has 0 bridgehead atoms. The number of carbonyl (C=O) groups is 2. The molecule has 5 heteroatoms. The van der Waals surface area contributed by atoms with Gasteiger partial charge in [-0.1, -0.05) is 0 Å². The van der Waals surface area contributed by atoms with E-state index in [1.54, 1.807) is 18.0 Å². The number of carbonyl (C=O) groups excluding carboxylic acids is 2. The van der Waals surface area contributed by atoms with Gasteiger partial charge in [-0.15, -0.1) is 0 Å². The minimum atomic E-state index is -0.0764. The molecular formula is C15H18N2O3. The predicted molar refractivity (Wildman–Crippen MR) is 73.8 cm³/mol. The number of benzene rings is 1. The first-order valence-corrected chi connectivity index (χ1v) is 6.94. The Labute approximate surface area is 117 Å². The van der Waals surface area contributed by atoms with Crippen molar-refractivity contribution < 1.29 is 14.3 Å². The van der Waals surface area contributed by atoms with Gasteiger partial charge in [0.1, 0.15) is 5.75 Å². The summed E-state index contributed by atoms with van der Waals surface area (Å²) in [6.45, 7) is 1.27. The molecule has 3 rings (SSSR count). The summed E-state index contributed by atoms with van der Waals surface area (Å²) in [4.78, 5) is 25.3. The van der Waals surface area contributed by atoms with Crippen LogP contribution in [-0.2, 0) is 11.2 Å². The van der Waals surface area contributed by atoms with Gasteiger partial charge in [0.05, 0.1) is 6.61 Å². The van der Waals surface area contributed by atoms with Crippen LogP contribution in [0.15, 0.2) is 18.2 Å². The fourth-order valence-electron chi connectivity index (χ4n) is 2.73. The highest BCUT2D eigenvalue weighted by molar-refractivity contribution is 5.95. The Bertz CT molecular complexity index is 556. The standard InChI is InChI=1S/C15H18N2O3/c1-17-9-12(3-5-14(17)18)16-15(19)11-2-4-13-10(8-11)6-7-20-13/h2,4,8,12H,3,5-7,9H2,1H3,(H,16,19)/t12-/m0/s1. The fourth-order valence-corrected chi connectivity index (χ4v) is 2.73. The Balaban J connectivity index is 1.66. The Kier molecular flexibility index (Phi) is 3.34. The third-order valence-corrected chi connectivity index (χ3v) is 3.91. The molecule has 2 heterocycles. The highest BCUT2D eigenvalue weighted by Gasteiger charge is 2.24. The first kappa shape index (κ1) is 13.0. The number of nitrogens with one attached hydrogen (secondary N) is 1. The molecule has 1 aromatic rings. The monoisotopic (exact) mass is 274 g/mol. The summed E-state index contributed by atoms with van der Waals surface area (Å²) in [5, 5.41) is 3.00. The fraction of sp³-hybridized carbons (Fsp3) is 0.467. The van der Waals surface area contributed by atoms with E-state index in [0.717, 1.165) is 17.7 Å². The molecule has 1 N–H and O–H groups in total. The molecular weight excluding hydrogens is 256 g/mol. The van der Waals surface area contributed by atoms with Crippen molar-refractivity contribution in [1.29, 1.82) is 0 Å². The summed E-state index contributed by atoms with van der Waals surface area (Å²) < 4.78 is 5.43. The number of amides is 2. The maximum atomic E-state index is 12.2. The maximum absolute atomic E-state index is 12.2. The maximum Gasteiger partial charge on any atom is 0.251 e. The highest BCUT2D eigenvalue weighted by Crippen LogP contribution is 2.25. The number of piperidine rings is 1. The second kappa shape index (κ2) is 5.15. The summed E-state index contributed by atoms with van der Waals surface area (Å²) in [5.74, 6) is 0.946. The molecule has 5 nitrogen and oxygen atoms in total. The summed E-state index contributed by atoms with van der Waals surface area (Å²) in [6.07, 6.45) is 2.07. The second-order valence-electron chi connectivity index (χ2n) is 5.40. The van der Waals surface area contributed by atoms with Gasteiger partial charge in [-0.05, 0) is 30.2 Å². The lowest BCUT2D eigenvalue weighted by molar-refractivity contribution is -0.132. The van der Waals surface area contributed by atoms with Gasteiger partial charge < -0.3 is 15.0 Å². The van der Waals surface area contributed by atoms with Crippen molar-refractivity contribution in [2.45, 2.75) is 25.3 Å². The molecule has 0 aromatic heterocycles. The first-order valence-electron chi connectivity index (χ1n) is 6.94. The molecule has 2 aliphatic rings. The highest BCUT2D eigenvalue weighted by atomic mass is 16.5. The van der Waals surface area contributed by atoms with E-state index in [1.807, 2.05) is 12.1 Å². The lowest BCUT2D eigenvalue weighted by Gasteiger charge is -2.30. The van der Waals surface area contributed by atoms with E-state index in [2.05, 4.69) is 5.32 Å². The number of ether oxygens (including phenoxy) is 1. The van der Waals surface area contributed by atoms with E-state index in [9.17, 15) is 9.59 Å². The molecule has 1 fully saturated rings. The Morgan fingerprint density at radius 3 is 3.05 bits per heavy atom. The van der Waals surface area contributed by atoms with Crippen LogP contribution < -0.4 is 10.1 Å². The van der Waals surface area contributed by atoms with Crippen molar-refractivity contribution in [3.05, 3.63) is 29.3 Å². The van der Waals surface area contributed by atoms with Gasteiger partial charge in [0.15, 0.2) is 0 Å². The van der Waals surface area contributed by atoms with E-state index in [-0.39, 0.29) is 17.9 Å². The summed E-state index contributed by atoms with van der Waals surface area (Å²) in [5.41, 5.74) is 1.75. The van der Waals surface area contributed by atoms with Crippen LogP contribution in [0.5, 0.6) is 5.75 Å². The molecule has 1 saturated heterocycles. The second-order valence-corrected chi connectivity index (χ2v) is 5.40. The molecule has 0 saturated carbocycles. The minimum absolute atomic E-state index is 0.0368. The van der Waals surface area contributed by atoms with Crippen molar-refractivity contribution >= 4 is 11.8 Å². The van der Waals surface area contributed by atoms with Crippen molar-refractivity contribution in [3.8, 4) is 5.75 Å². The van der Waals surface area contributed by atoms with Crippen LogP contribution in [0.25, 0.3) is 0 Å². The van der Waals surface area contributed by atoms with Crippen LogP contribution in [0.2, 0.25) is 0 Å². The van der Waals surface area contributed by atoms with Crippen LogP contribution >= 0.6 is 0 Å². The van der Waals surface area contributed by atoms with Crippen LogP contribution in [0.3, 0.4) is 0 Å². The lowest BCUT2D eigenvalue weighted by atomic mass is 10.0. The average Bonchev–Trinajstić information content (AvgIpc) is 2.90. The average molecular weight is 274 g/mol. The van der Waals surface area contributed by atoms with Gasteiger partial charge in [-0.25, -0.2) is 0 Å². The molecule has 0 spiro atoms. The minimum Gasteiger partial charge on any atom is -0.493 e. The molecule has 20 heavy (non-hydrogen) atoms. The number of hydrogen-bond donors (Lipinski definition) is 1. The molecule has 2 amide bonds. The van der Waals surface area contributed by atoms with E-state index in [4.69, 9.17) is 4.74 Å². The third-order valence-electron chi connectivity index (χ3n) is 3.91. The molecule has 1 aromatic carbocycles. The van der Waals surface area contributed by atoms with Gasteiger partial charge in [0.25, 0.3) is 5.91 Å². The lowest BCUT2D eigenvalue weighted by Crippen LogP contribution is -2.48. The first-order chi connectivity index (χ1) is 9.63. The van der Waals surface area contributed by atoms with E-state index in [0.29, 0.717) is 31.6 Å². The Morgan fingerprint density at radius 2 is 2.25 bits per heavy atom. The van der Waals surface area contributed by atoms with Crippen LogP contribution in [0.1, 0.15) is 28.8 Å². The number of rotatable bonds is 2. The number of likely N-dealkylation sites (N-methyl/N-ethyl adjacent to an activating group) is 1. The van der Waals surface area contributed by atoms with Gasteiger partial charge >= 0.3 is 0 Å². The molecule has 0 radical (unpaired) electrons. The normalized spacial score (nSPS) is 21.4. The van der Waals surface area contributed by atoms with Crippen molar-refractivity contribution in [3.63, 3.8) is 0 Å². The molecule has 0 aliphatic carbocycles. The molecule has 2 aliphatic heterocycles. The van der Waals surface area contributed by atoms with Gasteiger partial charge in [0.2, 0.25) is 5.91 Å². The number of nitrogens with zero attached hydrogens (tertiary/aromatic N) is 1. The van der Waals surface area contributed by atoms with Crippen molar-refractivity contribution in [2.75, 3.05) is 20.2 Å². The quantitative estimate of drug-likeness (QED) is 0.874. The third kappa shape index (κ3) is 2.48. The van der Waals surface area contributed by atoms with E-state index < -0.39 is 0 Å². The smallest absolute Gasteiger partial charge is 0.251 e. The number of hydrogen-bond acceptors (Lipinski definition) is 3. The largest absolute Gasteiger partial charge is 0.493 e. The molecule has 1 atom stereocenters. The summed E-state index contributed by atoms with van der Waals surface area (Å²) >= 11 is 0. The van der Waals surface area contributed by atoms with Crippen molar-refractivity contribution in [1.82, 2.24) is 10.2 Å². The summed E-state index contributed by atoms with van der Waals surface area (Å²) in [6, 6.07) is 5.58. The van der Waals surface area contributed by atoms with Gasteiger partial charge in [-0.2, -0.15) is 0 Å². The zero-order valence-electron chi connectivity index (χ0n) is 11.5. The Hall–Kier alpha value is -2.04. The van der Waals surface area contributed by atoms with Crippen LogP contribution in [0.4, 0.5) is 0 Å². The number of likely N-dealkylation sites (tertiary alicyclic amines) is 1. The van der Waals surface area contributed by atoms with Crippen LogP contribution in [-0.4, -0.2) is 43.0 Å². The topological polar surface area (TPSA) is 58.6 Å². The summed E-state index contributed by atoms with van der Waals surface area (Å²) in [7, 11) is 1.77. The molecule has 0 unspecified atom stereocenters. The van der Waals surface area contributed by atoms with E-state index >= 15 is 0 Å². The zero-order chi connectivity index (χ0) is 14.1. The van der Waals surface area contributed by atoms with Crippen LogP contribution in [0, 0.1) is 0 Å². The van der Waals surface area contributed by atoms with E-state index in [1.165, 1.54) is 0 Å². The molecule has 106 valence electrons. The van der Waals surface area contributed by atoms with Crippen molar-refractivity contribution in [2.24, 2.45) is 0 Å². The SMILES string of the molecule is CN1C[C@@H](NC(=O)c2ccc3c(c2)CCO3)CCC1=O.